The number of nitriles is 1. The zero-order valence-electron chi connectivity index (χ0n) is 10.5. The maximum atomic E-state index is 11.5. The first kappa shape index (κ1) is 13.2. The lowest BCUT2D eigenvalue weighted by atomic mass is 10.1. The molecule has 0 saturated carbocycles. The molecular weight excluding hydrogens is 214 g/mol. The van der Waals surface area contributed by atoms with Crippen molar-refractivity contribution in [3.05, 3.63) is 23.9 Å². The lowest BCUT2D eigenvalue weighted by Gasteiger charge is -2.28. The quantitative estimate of drug-likeness (QED) is 0.730. The number of nitrogens with zero attached hydrogens (tertiary/aromatic N) is 3. The highest BCUT2D eigenvalue weighted by Gasteiger charge is 2.17. The average molecular weight is 231 g/mol. The number of carbonyl (C=O) groups is 1. The Morgan fingerprint density at radius 3 is 2.82 bits per heavy atom. The van der Waals surface area contributed by atoms with Crippen LogP contribution in [0.25, 0.3) is 0 Å². The summed E-state index contributed by atoms with van der Waals surface area (Å²) in [6.07, 6.45) is 2.09. The minimum atomic E-state index is -0.00397. The van der Waals surface area contributed by atoms with Gasteiger partial charge in [-0.05, 0) is 32.9 Å². The Bertz CT molecular complexity index is 435. The van der Waals surface area contributed by atoms with Gasteiger partial charge < -0.3 is 4.90 Å². The molecule has 0 bridgehead atoms. The number of anilines is 1. The Balaban J connectivity index is 3.10. The standard InChI is InChI=1S/C13H17N3O/c1-10(2)16(9-5-7-14)13-12(11(3)17)6-4-8-15-13/h4,6,8,10H,5,9H2,1-3H3. The first-order chi connectivity index (χ1) is 8.07. The van der Waals surface area contributed by atoms with Crippen molar-refractivity contribution in [1.82, 2.24) is 4.98 Å². The molecule has 0 N–H and O–H groups in total. The van der Waals surface area contributed by atoms with Crippen LogP contribution in [0.4, 0.5) is 5.82 Å². The van der Waals surface area contributed by atoms with Gasteiger partial charge in [-0.2, -0.15) is 5.26 Å². The lowest BCUT2D eigenvalue weighted by molar-refractivity contribution is 0.101. The van der Waals surface area contributed by atoms with Gasteiger partial charge in [-0.1, -0.05) is 0 Å². The van der Waals surface area contributed by atoms with E-state index in [2.05, 4.69) is 11.1 Å². The van der Waals surface area contributed by atoms with Crippen molar-refractivity contribution in [2.75, 3.05) is 11.4 Å². The second-order valence-corrected chi connectivity index (χ2v) is 4.13. The number of Topliss-reactive ketones (excluding diaryl/α,β-unsaturated/α-hetero) is 1. The van der Waals surface area contributed by atoms with Crippen molar-refractivity contribution in [1.29, 1.82) is 5.26 Å². The Labute approximate surface area is 102 Å². The molecule has 1 rings (SSSR count). The van der Waals surface area contributed by atoms with Gasteiger partial charge >= 0.3 is 0 Å². The van der Waals surface area contributed by atoms with Crippen LogP contribution in [-0.4, -0.2) is 23.4 Å². The predicted molar refractivity (Wildman–Crippen MR) is 67.0 cm³/mol. The number of ketones is 1. The third-order valence-electron chi connectivity index (χ3n) is 2.53. The molecular formula is C13H17N3O. The van der Waals surface area contributed by atoms with E-state index in [1.165, 1.54) is 6.92 Å². The zero-order valence-corrected chi connectivity index (χ0v) is 10.5. The van der Waals surface area contributed by atoms with Gasteiger partial charge in [-0.15, -0.1) is 0 Å². The minimum Gasteiger partial charge on any atom is -0.353 e. The number of pyridine rings is 1. The first-order valence-electron chi connectivity index (χ1n) is 5.67. The summed E-state index contributed by atoms with van der Waals surface area (Å²) in [5.41, 5.74) is 0.610. The summed E-state index contributed by atoms with van der Waals surface area (Å²) >= 11 is 0. The van der Waals surface area contributed by atoms with E-state index in [-0.39, 0.29) is 11.8 Å². The number of hydrogen-bond donors (Lipinski definition) is 0. The molecule has 90 valence electrons. The summed E-state index contributed by atoms with van der Waals surface area (Å²) in [5.74, 6) is 0.668. The molecule has 1 aromatic rings. The van der Waals surface area contributed by atoms with E-state index in [1.807, 2.05) is 18.7 Å². The van der Waals surface area contributed by atoms with Crippen LogP contribution < -0.4 is 4.90 Å². The van der Waals surface area contributed by atoms with Gasteiger partial charge in [0.25, 0.3) is 0 Å². The Morgan fingerprint density at radius 1 is 1.59 bits per heavy atom. The molecule has 17 heavy (non-hydrogen) atoms. The maximum absolute atomic E-state index is 11.5. The van der Waals surface area contributed by atoms with Crippen molar-refractivity contribution < 1.29 is 4.79 Å². The van der Waals surface area contributed by atoms with E-state index < -0.39 is 0 Å². The molecule has 4 nitrogen and oxygen atoms in total. The van der Waals surface area contributed by atoms with E-state index in [4.69, 9.17) is 5.26 Å². The minimum absolute atomic E-state index is 0.00397. The smallest absolute Gasteiger partial charge is 0.163 e. The van der Waals surface area contributed by atoms with Crippen molar-refractivity contribution in [3.8, 4) is 6.07 Å². The lowest BCUT2D eigenvalue weighted by Crippen LogP contribution is -2.33. The van der Waals surface area contributed by atoms with Crippen LogP contribution in [0.1, 0.15) is 37.6 Å². The highest BCUT2D eigenvalue weighted by Crippen LogP contribution is 2.20. The van der Waals surface area contributed by atoms with E-state index >= 15 is 0 Å². The monoisotopic (exact) mass is 231 g/mol. The molecule has 0 atom stereocenters. The topological polar surface area (TPSA) is 57.0 Å². The molecule has 1 heterocycles. The molecule has 0 unspecified atom stereocenters. The van der Waals surface area contributed by atoms with E-state index in [0.717, 1.165) is 0 Å². The van der Waals surface area contributed by atoms with E-state index in [0.29, 0.717) is 24.3 Å². The SMILES string of the molecule is CC(=O)c1cccnc1N(CCC#N)C(C)C. The summed E-state index contributed by atoms with van der Waals surface area (Å²) in [6.45, 7) is 6.17. The van der Waals surface area contributed by atoms with Gasteiger partial charge in [0.2, 0.25) is 0 Å². The van der Waals surface area contributed by atoms with Gasteiger partial charge in [-0.3, -0.25) is 4.79 Å². The fourth-order valence-electron chi connectivity index (χ4n) is 1.68. The van der Waals surface area contributed by atoms with Crippen LogP contribution >= 0.6 is 0 Å². The van der Waals surface area contributed by atoms with Crippen LogP contribution in [0.15, 0.2) is 18.3 Å². The zero-order chi connectivity index (χ0) is 12.8. The summed E-state index contributed by atoms with van der Waals surface area (Å²) < 4.78 is 0. The van der Waals surface area contributed by atoms with Crippen LogP contribution in [-0.2, 0) is 0 Å². The van der Waals surface area contributed by atoms with Crippen molar-refractivity contribution >= 4 is 11.6 Å². The van der Waals surface area contributed by atoms with Crippen molar-refractivity contribution in [2.45, 2.75) is 33.2 Å². The number of carbonyl (C=O) groups excluding carboxylic acids is 1. The van der Waals surface area contributed by atoms with Gasteiger partial charge in [0.15, 0.2) is 5.78 Å². The van der Waals surface area contributed by atoms with Crippen LogP contribution in [0.2, 0.25) is 0 Å². The maximum Gasteiger partial charge on any atom is 0.163 e. The van der Waals surface area contributed by atoms with Crippen molar-refractivity contribution in [3.63, 3.8) is 0 Å². The molecule has 0 spiro atoms. The van der Waals surface area contributed by atoms with E-state index in [1.54, 1.807) is 18.3 Å². The number of rotatable bonds is 5. The molecule has 0 aromatic carbocycles. The molecule has 0 aliphatic carbocycles. The second-order valence-electron chi connectivity index (χ2n) is 4.13. The molecule has 0 radical (unpaired) electrons. The summed E-state index contributed by atoms with van der Waals surface area (Å²) in [4.78, 5) is 17.8. The molecule has 0 amide bonds. The predicted octanol–water partition coefficient (Wildman–Crippen LogP) is 2.41. The van der Waals surface area contributed by atoms with Gasteiger partial charge in [0.1, 0.15) is 5.82 Å². The molecule has 0 saturated heterocycles. The van der Waals surface area contributed by atoms with Gasteiger partial charge in [0, 0.05) is 18.8 Å². The second kappa shape index (κ2) is 6.00. The third kappa shape index (κ3) is 3.28. The average Bonchev–Trinajstić information content (AvgIpc) is 2.29. The molecule has 0 aliphatic heterocycles. The number of hydrogen-bond acceptors (Lipinski definition) is 4. The van der Waals surface area contributed by atoms with Crippen LogP contribution in [0, 0.1) is 11.3 Å². The molecule has 0 fully saturated rings. The Kier molecular flexibility index (Phi) is 4.65. The first-order valence-corrected chi connectivity index (χ1v) is 5.67. The Morgan fingerprint density at radius 2 is 2.29 bits per heavy atom. The highest BCUT2D eigenvalue weighted by molar-refractivity contribution is 5.98. The summed E-state index contributed by atoms with van der Waals surface area (Å²) in [5, 5.41) is 8.66. The third-order valence-corrected chi connectivity index (χ3v) is 2.53. The molecule has 4 heteroatoms. The van der Waals surface area contributed by atoms with E-state index in [9.17, 15) is 4.79 Å². The largest absolute Gasteiger partial charge is 0.353 e. The fraction of sp³-hybridized carbons (Fsp3) is 0.462. The summed E-state index contributed by atoms with van der Waals surface area (Å²) in [7, 11) is 0. The Hall–Kier alpha value is -1.89. The van der Waals surface area contributed by atoms with Crippen LogP contribution in [0.3, 0.4) is 0 Å². The van der Waals surface area contributed by atoms with Crippen molar-refractivity contribution in [2.24, 2.45) is 0 Å². The highest BCUT2D eigenvalue weighted by atomic mass is 16.1. The number of aromatic nitrogens is 1. The van der Waals surface area contributed by atoms with Gasteiger partial charge in [0.05, 0.1) is 18.1 Å². The normalized spacial score (nSPS) is 10.1. The molecule has 1 aromatic heterocycles. The molecule has 0 aliphatic rings. The summed E-state index contributed by atoms with van der Waals surface area (Å²) in [6, 6.07) is 5.85. The van der Waals surface area contributed by atoms with Crippen LogP contribution in [0.5, 0.6) is 0 Å². The fourth-order valence-corrected chi connectivity index (χ4v) is 1.68. The van der Waals surface area contributed by atoms with Gasteiger partial charge in [-0.25, -0.2) is 4.98 Å².